The molecule has 202 valence electrons. The quantitative estimate of drug-likeness (QED) is 0.307. The largest absolute Gasteiger partial charge is 0.465 e. The molecule has 39 heavy (non-hydrogen) atoms. The fraction of sp³-hybridized carbons (Fsp3) is 0.290. The van der Waals surface area contributed by atoms with Crippen molar-refractivity contribution in [3.05, 3.63) is 119 Å². The summed E-state index contributed by atoms with van der Waals surface area (Å²) in [5, 5.41) is 0. The van der Waals surface area contributed by atoms with Crippen molar-refractivity contribution in [2.75, 3.05) is 37.7 Å². The van der Waals surface area contributed by atoms with Gasteiger partial charge >= 0.3 is 11.7 Å². The number of hydrogen-bond donors (Lipinski definition) is 0. The van der Waals surface area contributed by atoms with Gasteiger partial charge in [-0.15, -0.1) is 0 Å². The standard InChI is InChI=1S/C31H33FN4O3/c1-3-39-30(37)29(24-9-5-4-6-10-24)34-19-17-33(18-20-34)25-13-15-26(16-14-25)36-22-21-35(31(36)38)23(2)27-11-7-8-12-28(27)32/h4-16,21-23,29H,3,17-20H2,1-2H3/t23-,29-/m0/s1. The van der Waals surface area contributed by atoms with Crippen LogP contribution in [-0.4, -0.2) is 52.8 Å². The predicted molar refractivity (Wildman–Crippen MR) is 150 cm³/mol. The van der Waals surface area contributed by atoms with Crippen molar-refractivity contribution < 1.29 is 13.9 Å². The Kier molecular flexibility index (Phi) is 7.93. The van der Waals surface area contributed by atoms with Crippen LogP contribution in [0.4, 0.5) is 10.1 Å². The van der Waals surface area contributed by atoms with E-state index in [0.29, 0.717) is 12.2 Å². The number of aromatic nitrogens is 2. The van der Waals surface area contributed by atoms with Crippen molar-refractivity contribution in [2.24, 2.45) is 0 Å². The summed E-state index contributed by atoms with van der Waals surface area (Å²) < 4.78 is 22.8. The lowest BCUT2D eigenvalue weighted by Gasteiger charge is -2.39. The summed E-state index contributed by atoms with van der Waals surface area (Å²) in [6.07, 6.45) is 3.41. The van der Waals surface area contributed by atoms with Crippen molar-refractivity contribution in [3.8, 4) is 5.69 Å². The first-order chi connectivity index (χ1) is 19.0. The Hall–Kier alpha value is -4.17. The van der Waals surface area contributed by atoms with E-state index in [2.05, 4.69) is 9.80 Å². The van der Waals surface area contributed by atoms with Gasteiger partial charge in [0.2, 0.25) is 0 Å². The highest BCUT2D eigenvalue weighted by atomic mass is 19.1. The lowest BCUT2D eigenvalue weighted by molar-refractivity contribution is -0.150. The molecular weight excluding hydrogens is 495 g/mol. The lowest BCUT2D eigenvalue weighted by atomic mass is 10.0. The minimum Gasteiger partial charge on any atom is -0.465 e. The maximum Gasteiger partial charge on any atom is 0.333 e. The van der Waals surface area contributed by atoms with Crippen LogP contribution in [0, 0.1) is 5.82 Å². The Morgan fingerprint density at radius 3 is 2.18 bits per heavy atom. The zero-order valence-electron chi connectivity index (χ0n) is 22.2. The molecule has 3 aromatic carbocycles. The van der Waals surface area contributed by atoms with E-state index in [4.69, 9.17) is 4.74 Å². The number of carbonyl (C=O) groups excluding carboxylic acids is 1. The van der Waals surface area contributed by atoms with Crippen LogP contribution in [0.25, 0.3) is 5.69 Å². The predicted octanol–water partition coefficient (Wildman–Crippen LogP) is 4.81. The molecule has 1 aliphatic rings. The summed E-state index contributed by atoms with van der Waals surface area (Å²) in [7, 11) is 0. The molecule has 0 unspecified atom stereocenters. The molecule has 1 fully saturated rings. The van der Waals surface area contributed by atoms with E-state index in [0.717, 1.165) is 43.1 Å². The number of anilines is 1. The minimum absolute atomic E-state index is 0.219. The third-order valence-corrected chi connectivity index (χ3v) is 7.37. The molecule has 0 saturated carbocycles. The molecule has 0 N–H and O–H groups in total. The van der Waals surface area contributed by atoms with Gasteiger partial charge in [0.05, 0.1) is 18.3 Å². The number of nitrogens with zero attached hydrogens (tertiary/aromatic N) is 4. The zero-order chi connectivity index (χ0) is 27.4. The highest BCUT2D eigenvalue weighted by Gasteiger charge is 2.31. The first kappa shape index (κ1) is 26.4. The molecule has 1 aromatic heterocycles. The van der Waals surface area contributed by atoms with Crippen molar-refractivity contribution >= 4 is 11.7 Å². The highest BCUT2D eigenvalue weighted by molar-refractivity contribution is 5.77. The summed E-state index contributed by atoms with van der Waals surface area (Å²) in [5.41, 5.74) is 2.99. The fourth-order valence-electron chi connectivity index (χ4n) is 5.26. The molecule has 0 radical (unpaired) electrons. The number of ether oxygens (including phenoxy) is 1. The SMILES string of the molecule is CCOC(=O)[C@H](c1ccccc1)N1CCN(c2ccc(-n3ccn([C@@H](C)c4ccccc4F)c3=O)cc2)CC1. The monoisotopic (exact) mass is 528 g/mol. The van der Waals surface area contributed by atoms with Crippen molar-refractivity contribution in [3.63, 3.8) is 0 Å². The van der Waals surface area contributed by atoms with Gasteiger partial charge in [0.15, 0.2) is 0 Å². The average molecular weight is 529 g/mol. The Morgan fingerprint density at radius 2 is 1.51 bits per heavy atom. The van der Waals surface area contributed by atoms with E-state index in [1.807, 2.05) is 68.4 Å². The molecule has 0 amide bonds. The zero-order valence-corrected chi connectivity index (χ0v) is 22.2. The molecular formula is C31H33FN4O3. The van der Waals surface area contributed by atoms with Crippen molar-refractivity contribution in [1.82, 2.24) is 14.0 Å². The molecule has 0 spiro atoms. The molecule has 5 rings (SSSR count). The normalized spacial score (nSPS) is 15.6. The van der Waals surface area contributed by atoms with Crippen LogP contribution in [0.5, 0.6) is 0 Å². The third-order valence-electron chi connectivity index (χ3n) is 7.37. The fourth-order valence-corrected chi connectivity index (χ4v) is 5.26. The summed E-state index contributed by atoms with van der Waals surface area (Å²) in [4.78, 5) is 30.4. The minimum atomic E-state index is -0.426. The van der Waals surface area contributed by atoms with E-state index in [1.165, 1.54) is 10.6 Å². The molecule has 7 nitrogen and oxygen atoms in total. The topological polar surface area (TPSA) is 59.7 Å². The van der Waals surface area contributed by atoms with E-state index in [9.17, 15) is 14.0 Å². The van der Waals surface area contributed by atoms with Crippen LogP contribution in [0.15, 0.2) is 96.1 Å². The van der Waals surface area contributed by atoms with Crippen LogP contribution in [0.2, 0.25) is 0 Å². The van der Waals surface area contributed by atoms with Gasteiger partial charge in [0.1, 0.15) is 11.9 Å². The maximum atomic E-state index is 14.3. The number of carbonyl (C=O) groups is 1. The number of halogens is 1. The van der Waals surface area contributed by atoms with Crippen LogP contribution in [0.3, 0.4) is 0 Å². The Balaban J connectivity index is 1.27. The number of rotatable bonds is 8. The molecule has 2 heterocycles. The van der Waals surface area contributed by atoms with Gasteiger partial charge in [-0.05, 0) is 49.7 Å². The van der Waals surface area contributed by atoms with E-state index in [-0.39, 0.29) is 17.5 Å². The number of piperazine rings is 1. The van der Waals surface area contributed by atoms with Crippen LogP contribution in [0.1, 0.15) is 37.1 Å². The summed E-state index contributed by atoms with van der Waals surface area (Å²) in [6, 6.07) is 23.3. The van der Waals surface area contributed by atoms with Crippen molar-refractivity contribution in [2.45, 2.75) is 25.9 Å². The first-order valence-electron chi connectivity index (χ1n) is 13.3. The molecule has 8 heteroatoms. The Morgan fingerprint density at radius 1 is 0.872 bits per heavy atom. The number of imidazole rings is 1. The number of hydrogen-bond acceptors (Lipinski definition) is 5. The van der Waals surface area contributed by atoms with E-state index >= 15 is 0 Å². The van der Waals surface area contributed by atoms with Gasteiger partial charge in [0.25, 0.3) is 0 Å². The van der Waals surface area contributed by atoms with Gasteiger partial charge in [-0.25, -0.2) is 14.0 Å². The van der Waals surface area contributed by atoms with Crippen molar-refractivity contribution in [1.29, 1.82) is 0 Å². The van der Waals surface area contributed by atoms with Gasteiger partial charge < -0.3 is 9.64 Å². The molecule has 1 saturated heterocycles. The second-order valence-corrected chi connectivity index (χ2v) is 9.66. The number of esters is 1. The molecule has 2 atom stereocenters. The maximum absolute atomic E-state index is 14.3. The summed E-state index contributed by atoms with van der Waals surface area (Å²) in [5.74, 6) is -0.547. The van der Waals surface area contributed by atoms with Gasteiger partial charge in [0, 0.05) is 49.8 Å². The smallest absolute Gasteiger partial charge is 0.333 e. The second-order valence-electron chi connectivity index (χ2n) is 9.66. The summed E-state index contributed by atoms with van der Waals surface area (Å²) >= 11 is 0. The summed E-state index contributed by atoms with van der Waals surface area (Å²) in [6.45, 7) is 6.96. The lowest BCUT2D eigenvalue weighted by Crippen LogP contribution is -2.49. The Labute approximate surface area is 227 Å². The van der Waals surface area contributed by atoms with Crippen LogP contribution in [-0.2, 0) is 9.53 Å². The average Bonchev–Trinajstić information content (AvgIpc) is 3.35. The van der Waals surface area contributed by atoms with E-state index in [1.54, 1.807) is 35.2 Å². The molecule has 0 bridgehead atoms. The third kappa shape index (κ3) is 5.52. The highest BCUT2D eigenvalue weighted by Crippen LogP contribution is 2.26. The van der Waals surface area contributed by atoms with Crippen LogP contribution < -0.4 is 10.6 Å². The van der Waals surface area contributed by atoms with Gasteiger partial charge in [-0.3, -0.25) is 14.0 Å². The Bertz CT molecular complexity index is 1460. The van der Waals surface area contributed by atoms with E-state index < -0.39 is 12.1 Å². The molecule has 1 aliphatic heterocycles. The van der Waals surface area contributed by atoms with Crippen LogP contribution >= 0.6 is 0 Å². The van der Waals surface area contributed by atoms with Gasteiger partial charge in [-0.2, -0.15) is 0 Å². The number of benzene rings is 3. The van der Waals surface area contributed by atoms with Gasteiger partial charge in [-0.1, -0.05) is 48.5 Å². The first-order valence-corrected chi connectivity index (χ1v) is 13.3. The second kappa shape index (κ2) is 11.7. The molecule has 4 aromatic rings. The molecule has 0 aliphatic carbocycles.